The molecule has 0 saturated heterocycles. The number of aliphatic imine (C=N–C) groups is 1. The van der Waals surface area contributed by atoms with E-state index >= 15 is 0 Å². The molecule has 24 heavy (non-hydrogen) atoms. The molecule has 1 aromatic rings. The number of aliphatic hydroxyl groups excluding tert-OH is 1. The molecule has 0 saturated carbocycles. The predicted octanol–water partition coefficient (Wildman–Crippen LogP) is 3.54. The molecule has 0 atom stereocenters. The van der Waals surface area contributed by atoms with E-state index in [2.05, 4.69) is 4.99 Å². The van der Waals surface area contributed by atoms with Crippen LogP contribution in [0.25, 0.3) is 0 Å². The van der Waals surface area contributed by atoms with E-state index in [1.165, 1.54) is 12.1 Å². The predicted molar refractivity (Wildman–Crippen MR) is 72.8 cm³/mol. The van der Waals surface area contributed by atoms with E-state index in [4.69, 9.17) is 0 Å². The summed E-state index contributed by atoms with van der Waals surface area (Å²) in [5, 5.41) is 9.22. The second-order valence-corrected chi connectivity index (χ2v) is 4.88. The number of likely N-dealkylation sites (N-methyl/N-ethyl adjacent to an activating group) is 1. The number of carbonyl (C=O) groups is 1. The molecule has 0 aromatic heterocycles. The number of Topliss-reactive ketones (excluding diaryl/α,β-unsaturated/α-hetero) is 1. The molecule has 1 N–H and O–H groups in total. The number of nitrogens with zero attached hydrogens (tertiary/aromatic N) is 2. The lowest BCUT2D eigenvalue weighted by Gasteiger charge is -2.29. The molecule has 0 fully saturated rings. The number of para-hydroxylation sites is 1. The molecule has 1 heterocycles. The molecule has 0 radical (unpaired) electrons. The fraction of sp³-hybridized carbons (Fsp3) is 0.286. The smallest absolute Gasteiger partial charge is 0.455 e. The van der Waals surface area contributed by atoms with Gasteiger partial charge in [0.05, 0.1) is 6.54 Å². The van der Waals surface area contributed by atoms with Crippen LogP contribution in [0, 0.1) is 0 Å². The second-order valence-electron chi connectivity index (χ2n) is 4.88. The fourth-order valence-corrected chi connectivity index (χ4v) is 2.20. The Morgan fingerprint density at radius 1 is 1.12 bits per heavy atom. The van der Waals surface area contributed by atoms with Gasteiger partial charge in [-0.1, -0.05) is 18.2 Å². The maximum absolute atomic E-state index is 12.7. The standard InChI is InChI=1S/C14H10F6N2O2/c1-22-8-5-3-2-4-7(8)6-21-12(22)9(10(23)13(15,16)17)11(24)14(18,19)20/h2-5,23H,6H2,1H3. The average molecular weight is 352 g/mol. The van der Waals surface area contributed by atoms with E-state index in [9.17, 15) is 36.2 Å². The maximum atomic E-state index is 12.7. The van der Waals surface area contributed by atoms with Crippen LogP contribution >= 0.6 is 0 Å². The molecule has 1 aromatic carbocycles. The maximum Gasteiger partial charge on any atom is 0.455 e. The van der Waals surface area contributed by atoms with Crippen LogP contribution in [-0.2, 0) is 11.3 Å². The lowest BCUT2D eigenvalue weighted by molar-refractivity contribution is -0.167. The zero-order valence-electron chi connectivity index (χ0n) is 12.0. The highest BCUT2D eigenvalue weighted by Crippen LogP contribution is 2.34. The fourth-order valence-electron chi connectivity index (χ4n) is 2.20. The van der Waals surface area contributed by atoms with E-state index in [0.717, 1.165) is 11.9 Å². The van der Waals surface area contributed by atoms with Crippen LogP contribution in [0.4, 0.5) is 32.0 Å². The van der Waals surface area contributed by atoms with Gasteiger partial charge < -0.3 is 10.0 Å². The third-order valence-electron chi connectivity index (χ3n) is 3.28. The van der Waals surface area contributed by atoms with Gasteiger partial charge in [-0.3, -0.25) is 9.79 Å². The summed E-state index contributed by atoms with van der Waals surface area (Å²) in [7, 11) is 1.16. The van der Waals surface area contributed by atoms with Gasteiger partial charge in [0.15, 0.2) is 0 Å². The number of alkyl halides is 6. The monoisotopic (exact) mass is 352 g/mol. The highest BCUT2D eigenvalue weighted by molar-refractivity contribution is 6.28. The van der Waals surface area contributed by atoms with Gasteiger partial charge in [0, 0.05) is 12.7 Å². The molecule has 2 rings (SSSR count). The number of hydrogen-bond acceptors (Lipinski definition) is 4. The number of benzene rings is 1. The van der Waals surface area contributed by atoms with Crippen molar-refractivity contribution in [3.05, 3.63) is 41.2 Å². The summed E-state index contributed by atoms with van der Waals surface area (Å²) < 4.78 is 76.2. The molecule has 130 valence electrons. The van der Waals surface area contributed by atoms with Crippen LogP contribution in [0.2, 0.25) is 0 Å². The third-order valence-corrected chi connectivity index (χ3v) is 3.28. The van der Waals surface area contributed by atoms with Gasteiger partial charge >= 0.3 is 12.4 Å². The number of halogens is 6. The first-order valence-electron chi connectivity index (χ1n) is 6.43. The van der Waals surface area contributed by atoms with Crippen LogP contribution in [0.5, 0.6) is 0 Å². The van der Waals surface area contributed by atoms with E-state index in [-0.39, 0.29) is 12.2 Å². The summed E-state index contributed by atoms with van der Waals surface area (Å²) in [6.07, 6.45) is -11.1. The topological polar surface area (TPSA) is 52.9 Å². The van der Waals surface area contributed by atoms with Crippen LogP contribution < -0.4 is 4.90 Å². The highest BCUT2D eigenvalue weighted by Gasteiger charge is 2.49. The third kappa shape index (κ3) is 3.22. The number of carbonyl (C=O) groups excluding carboxylic acids is 1. The van der Waals surface area contributed by atoms with Gasteiger partial charge in [0.25, 0.3) is 5.78 Å². The average Bonchev–Trinajstić information content (AvgIpc) is 2.48. The molecule has 0 amide bonds. The summed E-state index contributed by atoms with van der Waals surface area (Å²) in [4.78, 5) is 16.0. The van der Waals surface area contributed by atoms with Gasteiger partial charge in [-0.15, -0.1) is 0 Å². The lowest BCUT2D eigenvalue weighted by Crippen LogP contribution is -2.40. The zero-order valence-corrected chi connectivity index (χ0v) is 12.0. The Morgan fingerprint density at radius 2 is 1.71 bits per heavy atom. The summed E-state index contributed by atoms with van der Waals surface area (Å²) in [6.45, 7) is -0.227. The summed E-state index contributed by atoms with van der Waals surface area (Å²) in [5.41, 5.74) is -1.09. The first-order chi connectivity index (χ1) is 10.9. The van der Waals surface area contributed by atoms with Crippen LogP contribution in [-0.4, -0.2) is 36.1 Å². The van der Waals surface area contributed by atoms with Crippen molar-refractivity contribution >= 4 is 17.3 Å². The van der Waals surface area contributed by atoms with Crippen molar-refractivity contribution in [2.45, 2.75) is 18.9 Å². The first-order valence-corrected chi connectivity index (χ1v) is 6.43. The lowest BCUT2D eigenvalue weighted by atomic mass is 10.0. The van der Waals surface area contributed by atoms with Gasteiger partial charge in [-0.25, -0.2) is 0 Å². The van der Waals surface area contributed by atoms with Crippen molar-refractivity contribution in [1.29, 1.82) is 0 Å². The Morgan fingerprint density at radius 3 is 2.25 bits per heavy atom. The molecule has 0 bridgehead atoms. The number of amidine groups is 1. The second kappa shape index (κ2) is 5.84. The van der Waals surface area contributed by atoms with Crippen molar-refractivity contribution in [1.82, 2.24) is 0 Å². The van der Waals surface area contributed by atoms with Crippen molar-refractivity contribution in [3.63, 3.8) is 0 Å². The number of anilines is 1. The summed E-state index contributed by atoms with van der Waals surface area (Å²) >= 11 is 0. The zero-order chi connectivity index (χ0) is 18.3. The molecule has 0 aliphatic carbocycles. The Balaban J connectivity index is 2.63. The number of rotatable bonds is 2. The largest absolute Gasteiger partial charge is 0.504 e. The minimum Gasteiger partial charge on any atom is -0.504 e. The molecule has 1 aliphatic heterocycles. The first kappa shape index (κ1) is 17.8. The number of hydrogen-bond donors (Lipinski definition) is 1. The van der Waals surface area contributed by atoms with Crippen LogP contribution in [0.15, 0.2) is 40.6 Å². The Bertz CT molecular complexity index is 734. The minimum atomic E-state index is -5.60. The molecule has 0 unspecified atom stereocenters. The van der Waals surface area contributed by atoms with Gasteiger partial charge in [-0.05, 0) is 11.6 Å². The van der Waals surface area contributed by atoms with E-state index in [0.29, 0.717) is 5.56 Å². The Labute approximate surface area is 131 Å². The van der Waals surface area contributed by atoms with E-state index in [1.807, 2.05) is 0 Å². The molecule has 0 spiro atoms. The van der Waals surface area contributed by atoms with Gasteiger partial charge in [0.2, 0.25) is 5.76 Å². The van der Waals surface area contributed by atoms with E-state index in [1.54, 1.807) is 12.1 Å². The molecule has 4 nitrogen and oxygen atoms in total. The molecular weight excluding hydrogens is 342 g/mol. The number of aliphatic hydroxyl groups is 1. The van der Waals surface area contributed by atoms with Gasteiger partial charge in [0.1, 0.15) is 11.4 Å². The van der Waals surface area contributed by atoms with Crippen molar-refractivity contribution in [3.8, 4) is 0 Å². The van der Waals surface area contributed by atoms with Crippen LogP contribution in [0.1, 0.15) is 5.56 Å². The van der Waals surface area contributed by atoms with Crippen molar-refractivity contribution in [2.24, 2.45) is 4.99 Å². The molecule has 10 heteroatoms. The quantitative estimate of drug-likeness (QED) is 0.503. The SMILES string of the molecule is CN1C(C(C(=O)C(F)(F)F)=C(O)C(F)(F)F)=NCc2ccccc21. The van der Waals surface area contributed by atoms with E-state index < -0.39 is 35.3 Å². The molecular formula is C14H10F6N2O2. The minimum absolute atomic E-state index is 0.227. The van der Waals surface area contributed by atoms with Crippen molar-refractivity contribution < 1.29 is 36.2 Å². The normalized spacial score (nSPS) is 16.3. The number of fused-ring (bicyclic) bond motifs is 1. The summed E-state index contributed by atoms with van der Waals surface area (Å²) in [5.74, 6) is -6.34. The number of allylic oxidation sites excluding steroid dienone is 1. The summed E-state index contributed by atoms with van der Waals surface area (Å²) in [6, 6.07) is 6.18. The number of ketones is 1. The van der Waals surface area contributed by atoms with Gasteiger partial charge in [-0.2, -0.15) is 26.3 Å². The highest BCUT2D eigenvalue weighted by atomic mass is 19.4. The Kier molecular flexibility index (Phi) is 4.34. The van der Waals surface area contributed by atoms with Crippen molar-refractivity contribution in [2.75, 3.05) is 11.9 Å². The Hall–Kier alpha value is -2.52. The van der Waals surface area contributed by atoms with Crippen LogP contribution in [0.3, 0.4) is 0 Å². The molecule has 1 aliphatic rings.